The van der Waals surface area contributed by atoms with Crippen LogP contribution in [0.4, 0.5) is 0 Å². The largest absolute Gasteiger partial charge is 0.391 e. The summed E-state index contributed by atoms with van der Waals surface area (Å²) in [5, 5.41) is 10.7. The maximum atomic E-state index is 11.9. The number of hydrogen-bond donors (Lipinski definition) is 1. The highest BCUT2D eigenvalue weighted by Crippen LogP contribution is 2.53. The van der Waals surface area contributed by atoms with E-state index in [0.717, 1.165) is 45.4 Å². The van der Waals surface area contributed by atoms with Gasteiger partial charge in [-0.15, -0.1) is 0 Å². The van der Waals surface area contributed by atoms with Crippen LogP contribution in [0.25, 0.3) is 0 Å². The summed E-state index contributed by atoms with van der Waals surface area (Å²) >= 11 is 0. The molecule has 3 aliphatic rings. The molecule has 2 aliphatic heterocycles. The van der Waals surface area contributed by atoms with E-state index in [2.05, 4.69) is 25.8 Å². The van der Waals surface area contributed by atoms with Crippen LogP contribution in [-0.2, 0) is 9.59 Å². The smallest absolute Gasteiger partial charge is 0.222 e. The fraction of sp³-hybridized carbons (Fsp3) is 0.895. The minimum absolute atomic E-state index is 0.0572. The SMILES string of the molecule is CC(=O)N1CC2(C[C@@H](O)[C@H](N(C)CCN3CCCC3=O)C2)C1C(C)C. The van der Waals surface area contributed by atoms with E-state index in [4.69, 9.17) is 0 Å². The van der Waals surface area contributed by atoms with Crippen LogP contribution in [0, 0.1) is 11.3 Å². The molecular formula is C19H33N3O3. The maximum Gasteiger partial charge on any atom is 0.222 e. The maximum absolute atomic E-state index is 11.9. The molecule has 2 unspecified atom stereocenters. The molecule has 2 amide bonds. The van der Waals surface area contributed by atoms with Crippen LogP contribution in [0.1, 0.15) is 46.5 Å². The molecule has 1 aliphatic carbocycles. The van der Waals surface area contributed by atoms with E-state index in [0.29, 0.717) is 12.3 Å². The van der Waals surface area contributed by atoms with Gasteiger partial charge in [-0.1, -0.05) is 13.8 Å². The van der Waals surface area contributed by atoms with E-state index in [-0.39, 0.29) is 35.4 Å². The minimum Gasteiger partial charge on any atom is -0.391 e. The molecule has 142 valence electrons. The fourth-order valence-corrected chi connectivity index (χ4v) is 5.52. The lowest BCUT2D eigenvalue weighted by atomic mass is 9.65. The Labute approximate surface area is 151 Å². The number of nitrogens with zero attached hydrogens (tertiary/aromatic N) is 3. The van der Waals surface area contributed by atoms with Crippen LogP contribution in [0.15, 0.2) is 0 Å². The zero-order chi connectivity index (χ0) is 18.4. The predicted molar refractivity (Wildman–Crippen MR) is 95.9 cm³/mol. The van der Waals surface area contributed by atoms with Crippen LogP contribution >= 0.6 is 0 Å². The highest BCUT2D eigenvalue weighted by atomic mass is 16.3. The average Bonchev–Trinajstić information content (AvgIpc) is 3.06. The fourth-order valence-electron chi connectivity index (χ4n) is 5.52. The molecule has 6 heteroatoms. The second-order valence-electron chi connectivity index (χ2n) is 8.71. The number of hydrogen-bond acceptors (Lipinski definition) is 4. The van der Waals surface area contributed by atoms with Gasteiger partial charge in [-0.2, -0.15) is 0 Å². The summed E-state index contributed by atoms with van der Waals surface area (Å²) in [5.74, 6) is 0.798. The van der Waals surface area contributed by atoms with Gasteiger partial charge in [0, 0.05) is 57.0 Å². The Bertz CT molecular complexity index is 538. The average molecular weight is 351 g/mol. The van der Waals surface area contributed by atoms with Crippen molar-refractivity contribution in [1.82, 2.24) is 14.7 Å². The molecule has 1 saturated carbocycles. The third-order valence-electron chi connectivity index (χ3n) is 6.62. The molecule has 0 bridgehead atoms. The van der Waals surface area contributed by atoms with Crippen LogP contribution in [0.2, 0.25) is 0 Å². The van der Waals surface area contributed by atoms with Crippen LogP contribution in [0.3, 0.4) is 0 Å². The minimum atomic E-state index is -0.352. The quantitative estimate of drug-likeness (QED) is 0.801. The lowest BCUT2D eigenvalue weighted by molar-refractivity contribution is -0.158. The first-order valence-electron chi connectivity index (χ1n) is 9.68. The predicted octanol–water partition coefficient (Wildman–Crippen LogP) is 0.937. The zero-order valence-corrected chi connectivity index (χ0v) is 16.1. The molecular weight excluding hydrogens is 318 g/mol. The van der Waals surface area contributed by atoms with Gasteiger partial charge < -0.3 is 14.9 Å². The summed E-state index contributed by atoms with van der Waals surface area (Å²) in [4.78, 5) is 29.8. The summed E-state index contributed by atoms with van der Waals surface area (Å²) in [5.41, 5.74) is 0.0572. The third-order valence-corrected chi connectivity index (χ3v) is 6.62. The topological polar surface area (TPSA) is 64.1 Å². The molecule has 0 aromatic rings. The Kier molecular flexibility index (Phi) is 5.13. The molecule has 6 nitrogen and oxygen atoms in total. The number of carbonyl (C=O) groups excluding carboxylic acids is 2. The summed E-state index contributed by atoms with van der Waals surface area (Å²) in [6.45, 7) is 9.17. The summed E-state index contributed by atoms with van der Waals surface area (Å²) in [6.07, 6.45) is 3.00. The molecule has 4 atom stereocenters. The van der Waals surface area contributed by atoms with Gasteiger partial charge in [-0.05, 0) is 32.2 Å². The number of amides is 2. The Balaban J connectivity index is 1.61. The normalized spacial score (nSPS) is 35.3. The standard InChI is InChI=1S/C19H33N3O3/c1-13(2)18-19(12-22(18)14(3)23)10-15(16(24)11-19)20(4)8-9-21-7-5-6-17(21)25/h13,15-16,18,24H,5-12H2,1-4H3/t15-,16-,18?,19?/m1/s1. The van der Waals surface area contributed by atoms with E-state index in [1.54, 1.807) is 6.92 Å². The highest BCUT2D eigenvalue weighted by molar-refractivity contribution is 5.78. The number of rotatable bonds is 5. The van der Waals surface area contributed by atoms with Crippen molar-refractivity contribution < 1.29 is 14.7 Å². The second-order valence-corrected chi connectivity index (χ2v) is 8.71. The molecule has 2 heterocycles. The molecule has 3 fully saturated rings. The monoisotopic (exact) mass is 351 g/mol. The van der Waals surface area contributed by atoms with Crippen molar-refractivity contribution in [1.29, 1.82) is 0 Å². The zero-order valence-electron chi connectivity index (χ0n) is 16.1. The first-order chi connectivity index (χ1) is 11.7. The number of aliphatic hydroxyl groups is 1. The van der Waals surface area contributed by atoms with Crippen molar-refractivity contribution in [2.75, 3.05) is 33.2 Å². The van der Waals surface area contributed by atoms with Crippen molar-refractivity contribution >= 4 is 11.8 Å². The van der Waals surface area contributed by atoms with Gasteiger partial charge in [0.2, 0.25) is 11.8 Å². The molecule has 0 aromatic carbocycles. The van der Waals surface area contributed by atoms with Crippen molar-refractivity contribution in [3.8, 4) is 0 Å². The summed E-state index contributed by atoms with van der Waals surface area (Å²) < 4.78 is 0. The molecule has 25 heavy (non-hydrogen) atoms. The van der Waals surface area contributed by atoms with Crippen molar-refractivity contribution in [2.45, 2.75) is 64.6 Å². The van der Waals surface area contributed by atoms with Crippen molar-refractivity contribution in [3.63, 3.8) is 0 Å². The van der Waals surface area contributed by atoms with Gasteiger partial charge in [-0.3, -0.25) is 14.5 Å². The van der Waals surface area contributed by atoms with Gasteiger partial charge in [-0.25, -0.2) is 0 Å². The van der Waals surface area contributed by atoms with Crippen molar-refractivity contribution in [3.05, 3.63) is 0 Å². The van der Waals surface area contributed by atoms with E-state index in [9.17, 15) is 14.7 Å². The van der Waals surface area contributed by atoms with Crippen LogP contribution < -0.4 is 0 Å². The molecule has 2 saturated heterocycles. The number of likely N-dealkylation sites (tertiary alicyclic amines) is 2. The number of likely N-dealkylation sites (N-methyl/N-ethyl adjacent to an activating group) is 1. The second kappa shape index (κ2) is 6.88. The molecule has 1 N–H and O–H groups in total. The Morgan fingerprint density at radius 1 is 1.40 bits per heavy atom. The lowest BCUT2D eigenvalue weighted by Gasteiger charge is -2.58. The van der Waals surface area contributed by atoms with E-state index >= 15 is 0 Å². The van der Waals surface area contributed by atoms with Crippen LogP contribution in [-0.4, -0.2) is 83.0 Å². The molecule has 0 radical (unpaired) electrons. The number of aliphatic hydroxyl groups excluding tert-OH is 1. The Morgan fingerprint density at radius 2 is 2.12 bits per heavy atom. The Morgan fingerprint density at radius 3 is 2.68 bits per heavy atom. The molecule has 3 rings (SSSR count). The van der Waals surface area contributed by atoms with Crippen molar-refractivity contribution in [2.24, 2.45) is 11.3 Å². The first kappa shape index (κ1) is 18.6. The first-order valence-corrected chi connectivity index (χ1v) is 9.68. The van der Waals surface area contributed by atoms with Gasteiger partial charge in [0.05, 0.1) is 6.10 Å². The van der Waals surface area contributed by atoms with Crippen LogP contribution in [0.5, 0.6) is 0 Å². The third kappa shape index (κ3) is 3.31. The molecule has 1 spiro atoms. The van der Waals surface area contributed by atoms with E-state index in [1.807, 2.05) is 9.80 Å². The van der Waals surface area contributed by atoms with Gasteiger partial charge in [0.15, 0.2) is 0 Å². The Hall–Kier alpha value is -1.14. The summed E-state index contributed by atoms with van der Waals surface area (Å²) in [7, 11) is 2.05. The molecule has 0 aromatic heterocycles. The van der Waals surface area contributed by atoms with Gasteiger partial charge >= 0.3 is 0 Å². The summed E-state index contributed by atoms with van der Waals surface area (Å²) in [6, 6.07) is 0.353. The van der Waals surface area contributed by atoms with E-state index < -0.39 is 0 Å². The van der Waals surface area contributed by atoms with Gasteiger partial charge in [0.1, 0.15) is 0 Å². The van der Waals surface area contributed by atoms with Gasteiger partial charge in [0.25, 0.3) is 0 Å². The number of carbonyl (C=O) groups is 2. The van der Waals surface area contributed by atoms with E-state index in [1.165, 1.54) is 0 Å². The lowest BCUT2D eigenvalue weighted by Crippen LogP contribution is -2.67. The highest BCUT2D eigenvalue weighted by Gasteiger charge is 2.60.